The molecular weight excluding hydrogens is 375 g/mol. The van der Waals surface area contributed by atoms with Crippen molar-refractivity contribution in [1.82, 2.24) is 19.4 Å². The maximum atomic E-state index is 13.2. The Morgan fingerprint density at radius 1 is 1.17 bits per heavy atom. The molecule has 8 heteroatoms. The van der Waals surface area contributed by atoms with Gasteiger partial charge in [0.15, 0.2) is 5.82 Å². The Labute approximate surface area is 167 Å². The number of aromatic nitrogens is 3. The molecule has 7 nitrogen and oxygen atoms in total. The summed E-state index contributed by atoms with van der Waals surface area (Å²) >= 11 is 0. The van der Waals surface area contributed by atoms with Crippen molar-refractivity contribution in [2.24, 2.45) is 0 Å². The van der Waals surface area contributed by atoms with Crippen molar-refractivity contribution in [1.29, 1.82) is 0 Å². The van der Waals surface area contributed by atoms with E-state index < -0.39 is 5.95 Å². The summed E-state index contributed by atoms with van der Waals surface area (Å²) < 4.78 is 26.4. The van der Waals surface area contributed by atoms with Gasteiger partial charge in [-0.1, -0.05) is 18.2 Å². The molecule has 150 valence electrons. The molecule has 0 spiro atoms. The Bertz CT molecular complexity index is 1040. The molecule has 0 aliphatic carbocycles. The number of piperidine rings is 1. The van der Waals surface area contributed by atoms with Crippen LogP contribution in [0.15, 0.2) is 42.9 Å². The van der Waals surface area contributed by atoms with Gasteiger partial charge in [-0.05, 0) is 13.1 Å². The minimum Gasteiger partial charge on any atom is -0.459 e. The van der Waals surface area contributed by atoms with Crippen LogP contribution < -0.4 is 0 Å². The molecule has 0 radical (unpaired) electrons. The van der Waals surface area contributed by atoms with Crippen LogP contribution in [0.1, 0.15) is 23.2 Å². The number of halogens is 1. The summed E-state index contributed by atoms with van der Waals surface area (Å²) in [5, 5.41) is 0.764. The number of ether oxygens (including phenoxy) is 2. The van der Waals surface area contributed by atoms with E-state index in [0.29, 0.717) is 24.6 Å². The fourth-order valence-electron chi connectivity index (χ4n) is 4.32. The van der Waals surface area contributed by atoms with Crippen LogP contribution in [-0.4, -0.2) is 63.9 Å². The quantitative estimate of drug-likeness (QED) is 0.634. The molecule has 3 aromatic rings. The summed E-state index contributed by atoms with van der Waals surface area (Å²) in [7, 11) is 2.10. The molecule has 0 amide bonds. The number of benzene rings is 1. The third-order valence-corrected chi connectivity index (χ3v) is 5.90. The number of morpholine rings is 1. The zero-order valence-electron chi connectivity index (χ0n) is 16.0. The van der Waals surface area contributed by atoms with E-state index in [1.165, 1.54) is 6.20 Å². The van der Waals surface area contributed by atoms with E-state index in [4.69, 9.17) is 9.47 Å². The van der Waals surface area contributed by atoms with Crippen LogP contribution in [-0.2, 0) is 9.47 Å². The first-order chi connectivity index (χ1) is 14.1. The molecule has 0 N–H and O–H groups in total. The summed E-state index contributed by atoms with van der Waals surface area (Å²) in [4.78, 5) is 23.1. The number of nitrogens with zero attached hydrogens (tertiary/aromatic N) is 4. The predicted molar refractivity (Wildman–Crippen MR) is 103 cm³/mol. The maximum Gasteiger partial charge on any atom is 0.340 e. The average molecular weight is 396 g/mol. The lowest BCUT2D eigenvalue weighted by Gasteiger charge is -2.46. The molecule has 2 bridgehead atoms. The first-order valence-electron chi connectivity index (χ1n) is 9.69. The van der Waals surface area contributed by atoms with Crippen molar-refractivity contribution in [3.63, 3.8) is 0 Å². The fourth-order valence-corrected chi connectivity index (χ4v) is 4.32. The smallest absolute Gasteiger partial charge is 0.340 e. The summed E-state index contributed by atoms with van der Waals surface area (Å²) in [5.74, 6) is -0.571. The van der Waals surface area contributed by atoms with Crippen LogP contribution in [0.2, 0.25) is 0 Å². The van der Waals surface area contributed by atoms with Crippen molar-refractivity contribution >= 4 is 16.9 Å². The van der Waals surface area contributed by atoms with E-state index in [0.717, 1.165) is 29.9 Å². The summed E-state index contributed by atoms with van der Waals surface area (Å²) in [6.07, 6.45) is 5.48. The Hall–Kier alpha value is -2.84. The zero-order chi connectivity index (χ0) is 20.0. The average Bonchev–Trinajstić information content (AvgIpc) is 3.09. The van der Waals surface area contributed by atoms with E-state index in [2.05, 4.69) is 21.9 Å². The topological polar surface area (TPSA) is 69.5 Å². The number of likely N-dealkylation sites (N-methyl/N-ethyl adjacent to an activating group) is 1. The van der Waals surface area contributed by atoms with Crippen molar-refractivity contribution in [3.8, 4) is 5.82 Å². The molecule has 2 saturated heterocycles. The first kappa shape index (κ1) is 18.2. The molecule has 0 unspecified atom stereocenters. The van der Waals surface area contributed by atoms with Crippen molar-refractivity contribution in [3.05, 3.63) is 54.4 Å². The van der Waals surface area contributed by atoms with Gasteiger partial charge in [0, 0.05) is 36.5 Å². The van der Waals surface area contributed by atoms with Gasteiger partial charge in [0.2, 0.25) is 5.95 Å². The van der Waals surface area contributed by atoms with E-state index in [1.807, 2.05) is 24.3 Å². The van der Waals surface area contributed by atoms with Crippen molar-refractivity contribution in [2.45, 2.75) is 31.0 Å². The van der Waals surface area contributed by atoms with Crippen LogP contribution in [0, 0.1) is 5.95 Å². The first-order valence-corrected chi connectivity index (χ1v) is 9.69. The predicted octanol–water partition coefficient (Wildman–Crippen LogP) is 2.58. The molecule has 1 aromatic carbocycles. The third kappa shape index (κ3) is 3.28. The molecule has 5 rings (SSSR count). The lowest BCUT2D eigenvalue weighted by Crippen LogP contribution is -2.56. The van der Waals surface area contributed by atoms with Crippen LogP contribution in [0.25, 0.3) is 16.7 Å². The van der Waals surface area contributed by atoms with Gasteiger partial charge in [-0.15, -0.1) is 0 Å². The largest absolute Gasteiger partial charge is 0.459 e. The highest BCUT2D eigenvalue weighted by molar-refractivity contribution is 6.04. The number of para-hydroxylation sites is 1. The molecule has 2 aliphatic rings. The van der Waals surface area contributed by atoms with Crippen LogP contribution in [0.5, 0.6) is 0 Å². The van der Waals surface area contributed by atoms with Crippen molar-refractivity contribution < 1.29 is 18.7 Å². The minimum absolute atomic E-state index is 0.134. The van der Waals surface area contributed by atoms with Gasteiger partial charge in [-0.25, -0.2) is 14.8 Å². The van der Waals surface area contributed by atoms with E-state index in [-0.39, 0.29) is 24.2 Å². The van der Waals surface area contributed by atoms with Gasteiger partial charge in [-0.2, -0.15) is 4.39 Å². The molecule has 4 heterocycles. The zero-order valence-corrected chi connectivity index (χ0v) is 16.0. The molecule has 2 fully saturated rings. The van der Waals surface area contributed by atoms with Gasteiger partial charge >= 0.3 is 5.97 Å². The van der Waals surface area contributed by atoms with Crippen LogP contribution >= 0.6 is 0 Å². The number of hydrogen-bond acceptors (Lipinski definition) is 6. The Kier molecular flexibility index (Phi) is 4.52. The standard InChI is InChI=1S/C21H21FN4O3/c1-25-13-6-15(7-14(25)12-28-11-13)29-21(27)17-10-26(18-5-3-2-4-16(17)18)20-9-23-19(22)8-24-20/h2-5,8-10,13-15H,6-7,11-12H2,1H3/t13-,14+,15-. The second-order valence-electron chi connectivity index (χ2n) is 7.64. The molecule has 29 heavy (non-hydrogen) atoms. The molecular formula is C21H21FN4O3. The summed E-state index contributed by atoms with van der Waals surface area (Å²) in [5.41, 5.74) is 1.25. The van der Waals surface area contributed by atoms with E-state index >= 15 is 0 Å². The van der Waals surface area contributed by atoms with Crippen LogP contribution in [0.3, 0.4) is 0 Å². The Balaban J connectivity index is 1.44. The number of esters is 1. The Morgan fingerprint density at radius 2 is 1.93 bits per heavy atom. The van der Waals surface area contributed by atoms with E-state index in [1.54, 1.807) is 10.8 Å². The second kappa shape index (κ2) is 7.20. The normalized spacial score (nSPS) is 24.6. The summed E-state index contributed by atoms with van der Waals surface area (Å²) in [6.45, 7) is 1.34. The van der Waals surface area contributed by atoms with Gasteiger partial charge in [-0.3, -0.25) is 9.47 Å². The molecule has 0 saturated carbocycles. The number of fused-ring (bicyclic) bond motifs is 3. The Morgan fingerprint density at radius 3 is 2.66 bits per heavy atom. The van der Waals surface area contributed by atoms with E-state index in [9.17, 15) is 9.18 Å². The highest BCUT2D eigenvalue weighted by atomic mass is 19.1. The number of rotatable bonds is 3. The number of hydrogen-bond donors (Lipinski definition) is 0. The van der Waals surface area contributed by atoms with Gasteiger partial charge in [0.1, 0.15) is 6.10 Å². The monoisotopic (exact) mass is 396 g/mol. The van der Waals surface area contributed by atoms with Crippen LogP contribution in [0.4, 0.5) is 4.39 Å². The lowest BCUT2D eigenvalue weighted by molar-refractivity contribution is -0.0970. The minimum atomic E-state index is -0.651. The molecule has 2 aliphatic heterocycles. The van der Waals surface area contributed by atoms with Gasteiger partial charge in [0.05, 0.1) is 36.7 Å². The summed E-state index contributed by atoms with van der Waals surface area (Å²) in [6, 6.07) is 8.05. The van der Waals surface area contributed by atoms with Crippen molar-refractivity contribution in [2.75, 3.05) is 20.3 Å². The van der Waals surface area contributed by atoms with Gasteiger partial charge in [0.25, 0.3) is 0 Å². The lowest BCUT2D eigenvalue weighted by atomic mass is 9.92. The molecule has 2 aromatic heterocycles. The molecule has 3 atom stereocenters. The number of carbonyl (C=O) groups is 1. The SMILES string of the molecule is CN1[C@@H]2COC[C@H]1C[C@@H](OC(=O)c1cn(-c3cnc(F)cn3)c3ccccc13)C2. The maximum absolute atomic E-state index is 13.2. The second-order valence-corrected chi connectivity index (χ2v) is 7.64. The third-order valence-electron chi connectivity index (χ3n) is 5.90. The highest BCUT2D eigenvalue weighted by Crippen LogP contribution is 2.30. The van der Waals surface area contributed by atoms with Gasteiger partial charge < -0.3 is 9.47 Å². The fraction of sp³-hybridized carbons (Fsp3) is 0.381. The highest BCUT2D eigenvalue weighted by Gasteiger charge is 2.38. The number of carbonyl (C=O) groups excluding carboxylic acids is 1.